The normalized spacial score (nSPS) is 12.3. The number of amides is 1. The van der Waals surface area contributed by atoms with Gasteiger partial charge in [0.15, 0.2) is 0 Å². The topological polar surface area (TPSA) is 55.5 Å². The molecule has 0 fully saturated rings. The van der Waals surface area contributed by atoms with E-state index in [0.29, 0.717) is 24.9 Å². The predicted molar refractivity (Wildman–Crippen MR) is 111 cm³/mol. The van der Waals surface area contributed by atoms with Crippen molar-refractivity contribution in [3.05, 3.63) is 88.8 Å². The van der Waals surface area contributed by atoms with Gasteiger partial charge in [-0.3, -0.25) is 9.59 Å². The van der Waals surface area contributed by atoms with Crippen LogP contribution >= 0.6 is 0 Å². The number of hydrogen-bond acceptors (Lipinski definition) is 2. The van der Waals surface area contributed by atoms with E-state index < -0.39 is 0 Å². The van der Waals surface area contributed by atoms with Gasteiger partial charge in [-0.05, 0) is 43.2 Å². The summed E-state index contributed by atoms with van der Waals surface area (Å²) in [5, 5.41) is 3.03. The molecule has 0 radical (unpaired) electrons. The third-order valence-electron chi connectivity index (χ3n) is 5.11. The Hall–Kier alpha value is -3.34. The van der Waals surface area contributed by atoms with Gasteiger partial charge in [-0.1, -0.05) is 42.5 Å². The minimum atomic E-state index is -0.0330. The molecule has 0 aliphatic rings. The third-order valence-corrected chi connectivity index (χ3v) is 5.11. The molecular weight excluding hydrogens is 350 g/mol. The van der Waals surface area contributed by atoms with Crippen LogP contribution in [-0.4, -0.2) is 14.9 Å². The van der Waals surface area contributed by atoms with Crippen LogP contribution in [0.2, 0.25) is 0 Å². The highest BCUT2D eigenvalue weighted by Crippen LogP contribution is 2.16. The fourth-order valence-corrected chi connectivity index (χ4v) is 3.67. The van der Waals surface area contributed by atoms with Crippen molar-refractivity contribution in [3.8, 4) is 0 Å². The summed E-state index contributed by atoms with van der Waals surface area (Å²) < 4.78 is 3.70. The van der Waals surface area contributed by atoms with Crippen LogP contribution in [-0.2, 0) is 11.3 Å². The van der Waals surface area contributed by atoms with Crippen LogP contribution in [0.3, 0.4) is 0 Å². The third kappa shape index (κ3) is 3.43. The van der Waals surface area contributed by atoms with Gasteiger partial charge in [0.25, 0.3) is 5.56 Å². The van der Waals surface area contributed by atoms with Crippen molar-refractivity contribution >= 4 is 22.5 Å². The maximum Gasteiger partial charge on any atom is 0.275 e. The summed E-state index contributed by atoms with van der Waals surface area (Å²) in [6, 6.07) is 21.4. The molecule has 0 saturated carbocycles. The first kappa shape index (κ1) is 18.0. The Kier molecular flexibility index (Phi) is 4.98. The van der Waals surface area contributed by atoms with Gasteiger partial charge in [-0.15, -0.1) is 0 Å². The first-order chi connectivity index (χ1) is 13.6. The molecule has 2 heterocycles. The van der Waals surface area contributed by atoms with Crippen molar-refractivity contribution in [3.63, 3.8) is 0 Å². The minimum absolute atomic E-state index is 0.00234. The summed E-state index contributed by atoms with van der Waals surface area (Å²) in [5.41, 5.74) is 3.58. The number of fused-ring (bicyclic) bond motifs is 3. The molecule has 4 rings (SSSR count). The average Bonchev–Trinajstić information content (AvgIpc) is 3.21. The minimum Gasteiger partial charge on any atom is -0.350 e. The second-order valence-corrected chi connectivity index (χ2v) is 7.01. The molecule has 4 aromatic rings. The number of carbonyl (C=O) groups excluding carboxylic acids is 1. The molecule has 142 valence electrons. The Morgan fingerprint density at radius 2 is 1.61 bits per heavy atom. The molecule has 5 heteroatoms. The number of nitrogens with zero attached hydrogens (tertiary/aromatic N) is 2. The van der Waals surface area contributed by atoms with E-state index in [9.17, 15) is 9.59 Å². The van der Waals surface area contributed by atoms with Crippen LogP contribution in [0.25, 0.3) is 16.6 Å². The highest BCUT2D eigenvalue weighted by atomic mass is 16.1. The van der Waals surface area contributed by atoms with Crippen LogP contribution in [0.4, 0.5) is 0 Å². The molecule has 28 heavy (non-hydrogen) atoms. The molecule has 2 aromatic carbocycles. The summed E-state index contributed by atoms with van der Waals surface area (Å²) in [7, 11) is 0. The van der Waals surface area contributed by atoms with Crippen molar-refractivity contribution < 1.29 is 4.79 Å². The summed E-state index contributed by atoms with van der Waals surface area (Å²) in [5.74, 6) is -0.00234. The highest BCUT2D eigenvalue weighted by molar-refractivity contribution is 5.79. The molecule has 0 aliphatic carbocycles. The second-order valence-electron chi connectivity index (χ2n) is 7.01. The van der Waals surface area contributed by atoms with Gasteiger partial charge < -0.3 is 14.3 Å². The number of rotatable bonds is 6. The van der Waals surface area contributed by atoms with Crippen LogP contribution in [0.1, 0.15) is 31.4 Å². The van der Waals surface area contributed by atoms with Crippen LogP contribution in [0, 0.1) is 0 Å². The molecule has 0 unspecified atom stereocenters. The van der Waals surface area contributed by atoms with Crippen LogP contribution in [0.15, 0.2) is 77.7 Å². The van der Waals surface area contributed by atoms with Crippen LogP contribution in [0.5, 0.6) is 0 Å². The molecule has 0 saturated heterocycles. The number of aromatic nitrogens is 2. The maximum absolute atomic E-state index is 12.9. The van der Waals surface area contributed by atoms with E-state index in [1.807, 2.05) is 84.3 Å². The van der Waals surface area contributed by atoms with Crippen molar-refractivity contribution in [2.24, 2.45) is 0 Å². The van der Waals surface area contributed by atoms with E-state index >= 15 is 0 Å². The molecule has 2 aromatic heterocycles. The number of benzene rings is 2. The summed E-state index contributed by atoms with van der Waals surface area (Å²) in [6.45, 7) is 2.49. The van der Waals surface area contributed by atoms with Gasteiger partial charge in [0.1, 0.15) is 5.52 Å². The van der Waals surface area contributed by atoms with Crippen molar-refractivity contribution in [1.82, 2.24) is 14.3 Å². The Morgan fingerprint density at radius 3 is 2.39 bits per heavy atom. The Labute approximate surface area is 163 Å². The Morgan fingerprint density at radius 1 is 0.929 bits per heavy atom. The predicted octanol–water partition coefficient (Wildman–Crippen LogP) is 3.91. The lowest BCUT2D eigenvalue weighted by Gasteiger charge is -2.15. The largest absolute Gasteiger partial charge is 0.350 e. The summed E-state index contributed by atoms with van der Waals surface area (Å²) in [6.07, 6.45) is 2.89. The maximum atomic E-state index is 12.9. The number of aryl methyl sites for hydroxylation is 1. The first-order valence-corrected chi connectivity index (χ1v) is 9.58. The molecule has 5 nitrogen and oxygen atoms in total. The zero-order chi connectivity index (χ0) is 19.5. The van der Waals surface area contributed by atoms with Crippen molar-refractivity contribution in [2.45, 2.75) is 32.4 Å². The standard InChI is InChI=1S/C23H23N3O2/c1-17(18-9-3-2-4-10-18)24-22(27)14-8-16-26-20-12-6-5-11-19(20)25-15-7-13-21(25)23(26)28/h2-7,9-13,15,17H,8,14,16H2,1H3,(H,24,27)/t17-/m1/s1. The summed E-state index contributed by atoms with van der Waals surface area (Å²) >= 11 is 0. The smallest absolute Gasteiger partial charge is 0.275 e. The highest BCUT2D eigenvalue weighted by Gasteiger charge is 2.12. The van der Waals surface area contributed by atoms with Gasteiger partial charge in [-0.2, -0.15) is 0 Å². The van der Waals surface area contributed by atoms with Gasteiger partial charge >= 0.3 is 0 Å². The molecule has 0 spiro atoms. The van der Waals surface area contributed by atoms with Crippen molar-refractivity contribution in [2.75, 3.05) is 0 Å². The summed E-state index contributed by atoms with van der Waals surface area (Å²) in [4.78, 5) is 25.2. The van der Waals surface area contributed by atoms with E-state index in [-0.39, 0.29) is 17.5 Å². The van der Waals surface area contributed by atoms with Crippen molar-refractivity contribution in [1.29, 1.82) is 0 Å². The zero-order valence-corrected chi connectivity index (χ0v) is 15.8. The quantitative estimate of drug-likeness (QED) is 0.557. The molecule has 1 amide bonds. The monoisotopic (exact) mass is 373 g/mol. The number of carbonyl (C=O) groups is 1. The SMILES string of the molecule is C[C@@H](NC(=O)CCCn1c(=O)c2cccn2c2ccccc21)c1ccccc1. The van der Waals surface area contributed by atoms with E-state index in [2.05, 4.69) is 5.32 Å². The number of nitrogens with one attached hydrogen (secondary N) is 1. The number of para-hydroxylation sites is 2. The number of hydrogen-bond donors (Lipinski definition) is 1. The molecule has 1 atom stereocenters. The van der Waals surface area contributed by atoms with Gasteiger partial charge in [0, 0.05) is 19.2 Å². The van der Waals surface area contributed by atoms with E-state index in [1.54, 1.807) is 4.57 Å². The lowest BCUT2D eigenvalue weighted by atomic mass is 10.1. The molecule has 0 bridgehead atoms. The molecular formula is C23H23N3O2. The lowest BCUT2D eigenvalue weighted by Crippen LogP contribution is -2.27. The van der Waals surface area contributed by atoms with Gasteiger partial charge in [-0.25, -0.2) is 0 Å². The fourth-order valence-electron chi connectivity index (χ4n) is 3.67. The fraction of sp³-hybridized carbons (Fsp3) is 0.217. The zero-order valence-electron chi connectivity index (χ0n) is 15.8. The van der Waals surface area contributed by atoms with Gasteiger partial charge in [0.2, 0.25) is 5.91 Å². The molecule has 1 N–H and O–H groups in total. The lowest BCUT2D eigenvalue weighted by molar-refractivity contribution is -0.121. The second kappa shape index (κ2) is 7.72. The Bertz CT molecular complexity index is 1170. The first-order valence-electron chi connectivity index (χ1n) is 9.58. The van der Waals surface area contributed by atoms with Crippen LogP contribution < -0.4 is 10.9 Å². The van der Waals surface area contributed by atoms with E-state index in [0.717, 1.165) is 16.6 Å². The average molecular weight is 373 g/mol. The Balaban J connectivity index is 1.48. The van der Waals surface area contributed by atoms with E-state index in [1.165, 1.54) is 0 Å². The molecule has 0 aliphatic heterocycles. The van der Waals surface area contributed by atoms with Gasteiger partial charge in [0.05, 0.1) is 17.1 Å². The van der Waals surface area contributed by atoms with E-state index in [4.69, 9.17) is 0 Å².